The first kappa shape index (κ1) is 22.0. The highest BCUT2D eigenvalue weighted by atomic mass is 16.3. The number of para-hydroxylation sites is 2. The number of anilines is 1. The van der Waals surface area contributed by atoms with Gasteiger partial charge in [-0.2, -0.15) is 5.10 Å². The molecule has 0 radical (unpaired) electrons. The molecule has 0 aliphatic heterocycles. The van der Waals surface area contributed by atoms with Crippen LogP contribution in [0.2, 0.25) is 0 Å². The van der Waals surface area contributed by atoms with Gasteiger partial charge in [0.15, 0.2) is 0 Å². The van der Waals surface area contributed by atoms with E-state index in [4.69, 9.17) is 0 Å². The molecule has 31 heavy (non-hydrogen) atoms. The van der Waals surface area contributed by atoms with Crippen LogP contribution in [0.1, 0.15) is 44.1 Å². The van der Waals surface area contributed by atoms with E-state index in [-0.39, 0.29) is 17.6 Å². The lowest BCUT2D eigenvalue weighted by Crippen LogP contribution is -2.17. The number of carbonyl (C=O) groups is 2. The molecular weight excluding hydrogens is 390 g/mol. The second kappa shape index (κ2) is 11.5. The predicted molar refractivity (Wildman–Crippen MR) is 124 cm³/mol. The molecule has 6 nitrogen and oxygen atoms in total. The minimum atomic E-state index is -0.123. The fraction of sp³-hybridized carbons (Fsp3) is 0.240. The largest absolute Gasteiger partial charge is 0.506 e. The Hall–Kier alpha value is -3.67. The van der Waals surface area contributed by atoms with Crippen molar-refractivity contribution in [1.29, 1.82) is 0 Å². The second-order valence-corrected chi connectivity index (χ2v) is 7.34. The monoisotopic (exact) mass is 417 g/mol. The molecule has 0 aliphatic rings. The summed E-state index contributed by atoms with van der Waals surface area (Å²) in [6, 6.07) is 20.7. The van der Waals surface area contributed by atoms with Gasteiger partial charge in [0.05, 0.1) is 11.9 Å². The number of nitrogens with one attached hydrogen (secondary N) is 2. The number of unbranched alkanes of at least 4 members (excludes halogenated alkanes) is 3. The van der Waals surface area contributed by atoms with Gasteiger partial charge in [-0.25, -0.2) is 5.43 Å². The molecule has 160 valence electrons. The van der Waals surface area contributed by atoms with Crippen LogP contribution in [0.25, 0.3) is 10.8 Å². The first-order valence-corrected chi connectivity index (χ1v) is 10.5. The van der Waals surface area contributed by atoms with Crippen LogP contribution in [0, 0.1) is 0 Å². The number of rotatable bonds is 10. The second-order valence-electron chi connectivity index (χ2n) is 7.34. The summed E-state index contributed by atoms with van der Waals surface area (Å²) >= 11 is 0. The number of carbonyl (C=O) groups excluding carboxylic acids is 2. The molecule has 0 atom stereocenters. The van der Waals surface area contributed by atoms with E-state index in [1.54, 1.807) is 24.4 Å². The van der Waals surface area contributed by atoms with E-state index < -0.39 is 0 Å². The van der Waals surface area contributed by atoms with E-state index in [0.29, 0.717) is 18.5 Å². The molecule has 3 N–H and O–H groups in total. The molecule has 2 amide bonds. The average Bonchev–Trinajstić information content (AvgIpc) is 2.78. The molecule has 3 rings (SSSR count). The van der Waals surface area contributed by atoms with E-state index in [0.717, 1.165) is 42.0 Å². The SMILES string of the molecule is O=C(CCCCCCC(=O)Nc1ccccc1O)N/N=C/c1cccc2ccccc12. The Kier molecular flexibility index (Phi) is 8.17. The van der Waals surface area contributed by atoms with Crippen LogP contribution in [0.15, 0.2) is 71.8 Å². The van der Waals surface area contributed by atoms with Gasteiger partial charge in [-0.1, -0.05) is 67.4 Å². The molecule has 0 unspecified atom stereocenters. The Morgan fingerprint density at radius 3 is 2.29 bits per heavy atom. The maximum absolute atomic E-state index is 12.0. The zero-order chi connectivity index (χ0) is 21.9. The van der Waals surface area contributed by atoms with Crippen LogP contribution >= 0.6 is 0 Å². The van der Waals surface area contributed by atoms with Gasteiger partial charge in [-0.15, -0.1) is 0 Å². The minimum absolute atomic E-state index is 0.0602. The van der Waals surface area contributed by atoms with Crippen molar-refractivity contribution in [3.63, 3.8) is 0 Å². The first-order valence-electron chi connectivity index (χ1n) is 10.5. The van der Waals surface area contributed by atoms with E-state index in [1.807, 2.05) is 42.5 Å². The molecule has 0 saturated heterocycles. The molecule has 6 heteroatoms. The van der Waals surface area contributed by atoms with Gasteiger partial charge in [0.2, 0.25) is 11.8 Å². The van der Waals surface area contributed by atoms with Gasteiger partial charge < -0.3 is 10.4 Å². The van der Waals surface area contributed by atoms with Crippen molar-refractivity contribution in [3.05, 3.63) is 72.3 Å². The summed E-state index contributed by atoms with van der Waals surface area (Å²) in [5, 5.41) is 18.7. The number of hydrogen-bond donors (Lipinski definition) is 3. The van der Waals surface area contributed by atoms with Gasteiger partial charge in [-0.3, -0.25) is 9.59 Å². The molecule has 3 aromatic rings. The van der Waals surface area contributed by atoms with Crippen molar-refractivity contribution in [2.24, 2.45) is 5.10 Å². The summed E-state index contributed by atoms with van der Waals surface area (Å²) in [6.45, 7) is 0. The summed E-state index contributed by atoms with van der Waals surface area (Å²) in [5.74, 6) is -0.180. The van der Waals surface area contributed by atoms with Gasteiger partial charge in [-0.05, 0) is 35.7 Å². The lowest BCUT2D eigenvalue weighted by Gasteiger charge is -2.06. The standard InChI is InChI=1S/C25H27N3O3/c29-23-15-8-7-14-22(23)27-24(30)16-3-1-2-4-17-25(31)28-26-18-20-12-9-11-19-10-5-6-13-21(19)20/h5-15,18,29H,1-4,16-17H2,(H,27,30)(H,28,31)/b26-18+. The highest BCUT2D eigenvalue weighted by Crippen LogP contribution is 2.22. The van der Waals surface area contributed by atoms with Crippen LogP contribution in [0.5, 0.6) is 5.75 Å². The number of hydrazone groups is 1. The van der Waals surface area contributed by atoms with E-state index >= 15 is 0 Å². The predicted octanol–water partition coefficient (Wildman–Crippen LogP) is 4.97. The summed E-state index contributed by atoms with van der Waals surface area (Å²) in [7, 11) is 0. The third kappa shape index (κ3) is 6.96. The normalized spacial score (nSPS) is 11.0. The number of hydrogen-bond acceptors (Lipinski definition) is 4. The summed E-state index contributed by atoms with van der Waals surface area (Å²) in [5.41, 5.74) is 3.96. The van der Waals surface area contributed by atoms with Crippen molar-refractivity contribution >= 4 is 34.5 Å². The van der Waals surface area contributed by atoms with Crippen LogP contribution in [0.3, 0.4) is 0 Å². The molecule has 0 heterocycles. The lowest BCUT2D eigenvalue weighted by molar-refractivity contribution is -0.121. The van der Waals surface area contributed by atoms with Crippen LogP contribution in [-0.2, 0) is 9.59 Å². The number of phenols is 1. The van der Waals surface area contributed by atoms with Gasteiger partial charge in [0.25, 0.3) is 0 Å². The minimum Gasteiger partial charge on any atom is -0.506 e. The quantitative estimate of drug-likeness (QED) is 0.188. The molecule has 0 aliphatic carbocycles. The Balaban J connectivity index is 1.29. The Morgan fingerprint density at radius 2 is 1.48 bits per heavy atom. The molecule has 0 aromatic heterocycles. The molecule has 0 bridgehead atoms. The highest BCUT2D eigenvalue weighted by Gasteiger charge is 2.06. The van der Waals surface area contributed by atoms with Crippen LogP contribution < -0.4 is 10.7 Å². The Bertz CT molecular complexity index is 1060. The Morgan fingerprint density at radius 1 is 0.806 bits per heavy atom. The van der Waals surface area contributed by atoms with Gasteiger partial charge in [0.1, 0.15) is 5.75 Å². The van der Waals surface area contributed by atoms with E-state index in [9.17, 15) is 14.7 Å². The first-order chi connectivity index (χ1) is 15.1. The summed E-state index contributed by atoms with van der Waals surface area (Å²) in [6.07, 6.45) is 5.66. The Labute approximate surface area is 182 Å². The number of fused-ring (bicyclic) bond motifs is 1. The maximum Gasteiger partial charge on any atom is 0.240 e. The highest BCUT2D eigenvalue weighted by molar-refractivity contribution is 5.99. The van der Waals surface area contributed by atoms with E-state index in [2.05, 4.69) is 15.8 Å². The molecule has 0 fully saturated rings. The fourth-order valence-corrected chi connectivity index (χ4v) is 3.31. The van der Waals surface area contributed by atoms with Crippen molar-refractivity contribution in [2.75, 3.05) is 5.32 Å². The smallest absolute Gasteiger partial charge is 0.240 e. The van der Waals surface area contributed by atoms with Crippen molar-refractivity contribution in [3.8, 4) is 5.75 Å². The fourth-order valence-electron chi connectivity index (χ4n) is 3.31. The average molecular weight is 418 g/mol. The van der Waals surface area contributed by atoms with Gasteiger partial charge in [0, 0.05) is 18.4 Å². The van der Waals surface area contributed by atoms with Crippen LogP contribution in [0.4, 0.5) is 5.69 Å². The van der Waals surface area contributed by atoms with Crippen molar-refractivity contribution in [2.45, 2.75) is 38.5 Å². The maximum atomic E-state index is 12.0. The van der Waals surface area contributed by atoms with Crippen LogP contribution in [-0.4, -0.2) is 23.1 Å². The van der Waals surface area contributed by atoms with Crippen molar-refractivity contribution < 1.29 is 14.7 Å². The number of amides is 2. The van der Waals surface area contributed by atoms with E-state index in [1.165, 1.54) is 6.07 Å². The lowest BCUT2D eigenvalue weighted by atomic mass is 10.1. The zero-order valence-electron chi connectivity index (χ0n) is 17.4. The third-order valence-corrected chi connectivity index (χ3v) is 4.95. The summed E-state index contributed by atoms with van der Waals surface area (Å²) in [4.78, 5) is 23.9. The number of benzene rings is 3. The summed E-state index contributed by atoms with van der Waals surface area (Å²) < 4.78 is 0. The zero-order valence-corrected chi connectivity index (χ0v) is 17.4. The number of aromatic hydroxyl groups is 1. The van der Waals surface area contributed by atoms with Gasteiger partial charge >= 0.3 is 0 Å². The molecule has 0 saturated carbocycles. The molecule has 3 aromatic carbocycles. The third-order valence-electron chi connectivity index (χ3n) is 4.95. The number of phenolic OH excluding ortho intramolecular Hbond substituents is 1. The molecular formula is C25H27N3O3. The van der Waals surface area contributed by atoms with Crippen molar-refractivity contribution in [1.82, 2.24) is 5.43 Å². The number of nitrogens with zero attached hydrogens (tertiary/aromatic N) is 1. The molecule has 0 spiro atoms. The topological polar surface area (TPSA) is 90.8 Å².